The van der Waals surface area contributed by atoms with Crippen LogP contribution in [0.3, 0.4) is 0 Å². The Kier molecular flexibility index (Phi) is 6.51. The summed E-state index contributed by atoms with van der Waals surface area (Å²) >= 11 is 6.41. The molecular weight excluding hydrogens is 392 g/mol. The van der Waals surface area contributed by atoms with E-state index < -0.39 is 0 Å². The molecule has 2 aromatic carbocycles. The van der Waals surface area contributed by atoms with Crippen LogP contribution in [0.1, 0.15) is 21.5 Å². The van der Waals surface area contributed by atoms with E-state index in [0.29, 0.717) is 35.1 Å². The second kappa shape index (κ2) is 9.25. The Balaban J connectivity index is 1.69. The third-order valence-corrected chi connectivity index (χ3v) is 4.76. The molecule has 3 aromatic rings. The van der Waals surface area contributed by atoms with Gasteiger partial charge in [-0.15, -0.1) is 0 Å². The average Bonchev–Trinajstić information content (AvgIpc) is 2.75. The Morgan fingerprint density at radius 1 is 1.14 bits per heavy atom. The van der Waals surface area contributed by atoms with Crippen molar-refractivity contribution in [1.29, 1.82) is 0 Å². The Morgan fingerprint density at radius 2 is 1.83 bits per heavy atom. The summed E-state index contributed by atoms with van der Waals surface area (Å²) in [5, 5.41) is 15.5. The molecule has 0 bridgehead atoms. The number of hydrogen-bond donors (Lipinski definition) is 3. The van der Waals surface area contributed by atoms with E-state index in [0.717, 1.165) is 16.8 Å². The number of carbonyl (C=O) groups is 1. The molecule has 0 aliphatic rings. The number of methoxy groups -OCH3 is 1. The number of phenols is 1. The van der Waals surface area contributed by atoms with Crippen LogP contribution in [0.4, 0.5) is 11.6 Å². The zero-order valence-corrected chi connectivity index (χ0v) is 16.8. The first-order chi connectivity index (χ1) is 14.0. The summed E-state index contributed by atoms with van der Waals surface area (Å²) < 4.78 is 5.29. The van der Waals surface area contributed by atoms with Crippen LogP contribution in [-0.2, 0) is 12.8 Å². The lowest BCUT2D eigenvalue weighted by Gasteiger charge is -2.12. The monoisotopic (exact) mass is 412 g/mol. The highest BCUT2D eigenvalue weighted by atomic mass is 35.5. The number of carbonyl (C=O) groups excluding carboxylic acids is 1. The summed E-state index contributed by atoms with van der Waals surface area (Å²) in [6.45, 7) is 0. The van der Waals surface area contributed by atoms with Crippen LogP contribution < -0.4 is 15.4 Å². The van der Waals surface area contributed by atoms with E-state index in [9.17, 15) is 9.90 Å². The molecule has 0 unspecified atom stereocenters. The molecule has 7 nitrogen and oxygen atoms in total. The smallest absolute Gasteiger partial charge is 0.251 e. The zero-order valence-electron chi connectivity index (χ0n) is 16.1. The largest absolute Gasteiger partial charge is 0.508 e. The maximum atomic E-state index is 12.0. The van der Waals surface area contributed by atoms with Gasteiger partial charge >= 0.3 is 0 Å². The van der Waals surface area contributed by atoms with Crippen molar-refractivity contribution >= 4 is 29.1 Å². The van der Waals surface area contributed by atoms with E-state index in [1.54, 1.807) is 55.8 Å². The molecule has 3 rings (SSSR count). The third-order valence-electron chi connectivity index (χ3n) is 4.34. The number of halogens is 1. The van der Waals surface area contributed by atoms with Gasteiger partial charge in [0.05, 0.1) is 12.1 Å². The lowest BCUT2D eigenvalue weighted by molar-refractivity contribution is 0.0962. The molecule has 0 saturated carbocycles. The maximum Gasteiger partial charge on any atom is 0.251 e. The van der Waals surface area contributed by atoms with E-state index in [4.69, 9.17) is 16.3 Å². The van der Waals surface area contributed by atoms with Crippen molar-refractivity contribution < 1.29 is 14.6 Å². The lowest BCUT2D eigenvalue weighted by atomic mass is 10.0. The molecule has 1 amide bonds. The number of anilines is 2. The molecule has 1 heterocycles. The van der Waals surface area contributed by atoms with Crippen molar-refractivity contribution in [3.05, 3.63) is 70.5 Å². The van der Waals surface area contributed by atoms with Gasteiger partial charge in [-0.1, -0.05) is 11.6 Å². The quantitative estimate of drug-likeness (QED) is 0.511. The van der Waals surface area contributed by atoms with Crippen LogP contribution in [0.15, 0.2) is 48.8 Å². The first kappa shape index (κ1) is 20.4. The predicted octanol–water partition coefficient (Wildman–Crippen LogP) is 3.73. The number of aryl methyl sites for hydroxylation is 2. The summed E-state index contributed by atoms with van der Waals surface area (Å²) in [5.74, 6) is 0.921. The fourth-order valence-electron chi connectivity index (χ4n) is 2.76. The van der Waals surface area contributed by atoms with Gasteiger partial charge in [0.2, 0.25) is 5.95 Å². The molecule has 0 aliphatic heterocycles. The van der Waals surface area contributed by atoms with E-state index in [2.05, 4.69) is 20.6 Å². The average molecular weight is 413 g/mol. The fourth-order valence-corrected chi connectivity index (χ4v) is 3.04. The van der Waals surface area contributed by atoms with Crippen LogP contribution in [0.25, 0.3) is 0 Å². The van der Waals surface area contributed by atoms with E-state index >= 15 is 0 Å². The molecule has 29 heavy (non-hydrogen) atoms. The van der Waals surface area contributed by atoms with Gasteiger partial charge in [0.1, 0.15) is 11.5 Å². The second-order valence-corrected chi connectivity index (χ2v) is 6.70. The molecule has 0 radical (unpaired) electrons. The Hall–Kier alpha value is -3.32. The molecule has 0 saturated heterocycles. The van der Waals surface area contributed by atoms with Gasteiger partial charge in [-0.25, -0.2) is 9.97 Å². The molecular formula is C21H21ClN4O3. The summed E-state index contributed by atoms with van der Waals surface area (Å²) in [7, 11) is 3.10. The van der Waals surface area contributed by atoms with Crippen molar-refractivity contribution in [2.45, 2.75) is 12.8 Å². The minimum absolute atomic E-state index is 0.197. The van der Waals surface area contributed by atoms with E-state index in [-0.39, 0.29) is 11.7 Å². The Bertz CT molecular complexity index is 992. The summed E-state index contributed by atoms with van der Waals surface area (Å²) in [6, 6.07) is 10.0. The normalized spacial score (nSPS) is 10.4. The second-order valence-electron chi connectivity index (χ2n) is 6.32. The van der Waals surface area contributed by atoms with E-state index in [1.165, 1.54) is 7.11 Å². The van der Waals surface area contributed by atoms with Gasteiger partial charge in [-0.05, 0) is 60.4 Å². The topological polar surface area (TPSA) is 96.4 Å². The number of rotatable bonds is 7. The molecule has 0 spiro atoms. The van der Waals surface area contributed by atoms with E-state index in [1.807, 2.05) is 0 Å². The molecule has 0 aliphatic carbocycles. The molecule has 0 fully saturated rings. The van der Waals surface area contributed by atoms with Crippen molar-refractivity contribution in [2.75, 3.05) is 19.5 Å². The van der Waals surface area contributed by atoms with Gasteiger partial charge in [-0.2, -0.15) is 0 Å². The first-order valence-electron chi connectivity index (χ1n) is 8.95. The van der Waals surface area contributed by atoms with Crippen molar-refractivity contribution in [2.24, 2.45) is 0 Å². The van der Waals surface area contributed by atoms with Crippen molar-refractivity contribution in [3.8, 4) is 11.5 Å². The van der Waals surface area contributed by atoms with Crippen molar-refractivity contribution in [3.63, 3.8) is 0 Å². The van der Waals surface area contributed by atoms with Gasteiger partial charge in [-0.3, -0.25) is 4.79 Å². The predicted molar refractivity (Wildman–Crippen MR) is 112 cm³/mol. The summed E-state index contributed by atoms with van der Waals surface area (Å²) in [5.41, 5.74) is 3.02. The minimum Gasteiger partial charge on any atom is -0.508 e. The molecule has 8 heteroatoms. The summed E-state index contributed by atoms with van der Waals surface area (Å²) in [4.78, 5) is 20.6. The molecule has 3 N–H and O–H groups in total. The van der Waals surface area contributed by atoms with Gasteiger partial charge in [0, 0.05) is 30.7 Å². The van der Waals surface area contributed by atoms with Crippen LogP contribution >= 0.6 is 11.6 Å². The number of amides is 1. The number of phenolic OH excluding ortho intramolecular Hbond substituents is 1. The van der Waals surface area contributed by atoms with Crippen LogP contribution in [0.5, 0.6) is 11.5 Å². The van der Waals surface area contributed by atoms with Gasteiger partial charge in [0.25, 0.3) is 5.91 Å². The van der Waals surface area contributed by atoms with Crippen molar-refractivity contribution in [1.82, 2.24) is 15.3 Å². The highest BCUT2D eigenvalue weighted by molar-refractivity contribution is 6.33. The van der Waals surface area contributed by atoms with Crippen LogP contribution in [-0.4, -0.2) is 35.1 Å². The number of nitrogens with zero attached hydrogens (tertiary/aromatic N) is 2. The van der Waals surface area contributed by atoms with Crippen LogP contribution in [0.2, 0.25) is 5.02 Å². The Labute approximate surface area is 173 Å². The zero-order chi connectivity index (χ0) is 20.8. The Morgan fingerprint density at radius 3 is 2.45 bits per heavy atom. The minimum atomic E-state index is -0.200. The number of benzene rings is 2. The fraction of sp³-hybridized carbons (Fsp3) is 0.190. The maximum absolute atomic E-state index is 12.0. The highest BCUT2D eigenvalue weighted by Gasteiger charge is 2.14. The van der Waals surface area contributed by atoms with Gasteiger partial charge in [0.15, 0.2) is 0 Å². The number of hydrogen-bond acceptors (Lipinski definition) is 6. The number of nitrogens with one attached hydrogen (secondary N) is 2. The molecule has 1 aromatic heterocycles. The summed E-state index contributed by atoms with van der Waals surface area (Å²) in [6.07, 6.45) is 4.74. The molecule has 150 valence electrons. The highest BCUT2D eigenvalue weighted by Crippen LogP contribution is 2.31. The lowest BCUT2D eigenvalue weighted by Crippen LogP contribution is -2.18. The van der Waals surface area contributed by atoms with Crippen LogP contribution in [0, 0.1) is 0 Å². The van der Waals surface area contributed by atoms with Gasteiger partial charge < -0.3 is 20.5 Å². The number of aromatic hydroxyl groups is 1. The third kappa shape index (κ3) is 5.14. The molecule has 0 atom stereocenters. The number of aromatic nitrogens is 2. The SMILES string of the molecule is CNC(=O)c1cc(CCc2cnc(Nc3ccc(O)cc3)nc2)c(Cl)c(OC)c1. The number of ether oxygens (including phenoxy) is 1. The standard InChI is InChI=1S/C21H21ClN4O3/c1-23-20(28)15-9-14(19(22)18(10-15)29-2)4-3-13-11-24-21(25-12-13)26-16-5-7-17(27)8-6-16/h5-12,27H,3-4H2,1-2H3,(H,23,28)(H,24,25,26). The first-order valence-corrected chi connectivity index (χ1v) is 9.33.